The lowest BCUT2D eigenvalue weighted by atomic mass is 9.68. The van der Waals surface area contributed by atoms with Crippen molar-refractivity contribution in [2.24, 2.45) is 0 Å². The minimum atomic E-state index is -0.337. The Morgan fingerprint density at radius 1 is 0.684 bits per heavy atom. The molecule has 6 aromatic carbocycles. The van der Waals surface area contributed by atoms with E-state index in [1.54, 1.807) is 0 Å². The zero-order chi connectivity index (χ0) is 25.5. The van der Waals surface area contributed by atoms with E-state index in [0.29, 0.717) is 0 Å². The average Bonchev–Trinajstić information content (AvgIpc) is 3.20. The van der Waals surface area contributed by atoms with Crippen molar-refractivity contribution in [2.45, 2.75) is 43.7 Å². The number of hydrogen-bond donors (Lipinski definition) is 0. The van der Waals surface area contributed by atoms with E-state index < -0.39 is 0 Å². The average molecular weight is 494 g/mol. The van der Waals surface area contributed by atoms with Crippen molar-refractivity contribution < 1.29 is 4.74 Å². The number of nitrogens with zero attached hydrogens (tertiary/aromatic N) is 1. The van der Waals surface area contributed by atoms with E-state index in [-0.39, 0.29) is 11.1 Å². The SMILES string of the molecule is COC12CCCCC1(C)N(c1ccccc1)c1ccc(-c3ccc4ccc5cccc6ccc3c4c56)cc12. The summed E-state index contributed by atoms with van der Waals surface area (Å²) in [5.41, 5.74) is 5.94. The predicted molar refractivity (Wildman–Crippen MR) is 160 cm³/mol. The smallest absolute Gasteiger partial charge is 0.118 e. The van der Waals surface area contributed by atoms with Crippen LogP contribution in [0.3, 0.4) is 0 Å². The van der Waals surface area contributed by atoms with Crippen molar-refractivity contribution in [3.8, 4) is 11.1 Å². The highest BCUT2D eigenvalue weighted by atomic mass is 16.5. The topological polar surface area (TPSA) is 12.5 Å². The van der Waals surface area contributed by atoms with Crippen molar-refractivity contribution in [3.05, 3.63) is 109 Å². The van der Waals surface area contributed by atoms with Gasteiger partial charge in [0.2, 0.25) is 0 Å². The monoisotopic (exact) mass is 493 g/mol. The van der Waals surface area contributed by atoms with Gasteiger partial charge in [-0.15, -0.1) is 0 Å². The van der Waals surface area contributed by atoms with Gasteiger partial charge >= 0.3 is 0 Å². The minimum absolute atomic E-state index is 0.134. The fourth-order valence-electron chi connectivity index (χ4n) is 7.94. The van der Waals surface area contributed by atoms with Gasteiger partial charge in [0.05, 0.1) is 5.54 Å². The molecular formula is C36H31NO. The van der Waals surface area contributed by atoms with E-state index in [9.17, 15) is 0 Å². The maximum absolute atomic E-state index is 6.61. The summed E-state index contributed by atoms with van der Waals surface area (Å²) in [5, 5.41) is 7.98. The Labute approximate surface area is 223 Å². The predicted octanol–water partition coefficient (Wildman–Crippen LogP) is 9.58. The Balaban J connectivity index is 1.39. The Kier molecular flexibility index (Phi) is 4.55. The van der Waals surface area contributed by atoms with E-state index in [1.807, 2.05) is 7.11 Å². The van der Waals surface area contributed by atoms with Crippen LogP contribution in [0.1, 0.15) is 38.2 Å². The molecule has 0 amide bonds. The maximum Gasteiger partial charge on any atom is 0.118 e. The summed E-state index contributed by atoms with van der Waals surface area (Å²) in [5.74, 6) is 0. The number of para-hydroxylation sites is 1. The summed E-state index contributed by atoms with van der Waals surface area (Å²) in [4.78, 5) is 2.57. The molecule has 38 heavy (non-hydrogen) atoms. The van der Waals surface area contributed by atoms with Gasteiger partial charge in [-0.2, -0.15) is 0 Å². The molecule has 0 bridgehead atoms. The maximum atomic E-state index is 6.61. The molecule has 186 valence electrons. The van der Waals surface area contributed by atoms with Crippen LogP contribution in [0.15, 0.2) is 103 Å². The van der Waals surface area contributed by atoms with E-state index in [0.717, 1.165) is 12.8 Å². The zero-order valence-corrected chi connectivity index (χ0v) is 22.0. The van der Waals surface area contributed by atoms with Crippen LogP contribution in [0.4, 0.5) is 11.4 Å². The minimum Gasteiger partial charge on any atom is -0.371 e. The van der Waals surface area contributed by atoms with Crippen molar-refractivity contribution in [1.82, 2.24) is 0 Å². The van der Waals surface area contributed by atoms with Crippen LogP contribution >= 0.6 is 0 Å². The molecule has 6 aromatic rings. The third-order valence-electron chi connectivity index (χ3n) is 9.68. The Morgan fingerprint density at radius 3 is 2.18 bits per heavy atom. The first-order valence-corrected chi connectivity index (χ1v) is 13.9. The summed E-state index contributed by atoms with van der Waals surface area (Å²) >= 11 is 0. The molecule has 8 rings (SSSR count). The highest BCUT2D eigenvalue weighted by molar-refractivity contribution is 6.25. The lowest BCUT2D eigenvalue weighted by Gasteiger charge is -2.50. The van der Waals surface area contributed by atoms with Gasteiger partial charge < -0.3 is 9.64 Å². The van der Waals surface area contributed by atoms with E-state index in [2.05, 4.69) is 115 Å². The molecule has 1 saturated carbocycles. The second kappa shape index (κ2) is 7.82. The molecule has 1 aliphatic carbocycles. The summed E-state index contributed by atoms with van der Waals surface area (Å²) in [6, 6.07) is 38.3. The van der Waals surface area contributed by atoms with Crippen LogP contribution in [-0.2, 0) is 10.3 Å². The van der Waals surface area contributed by atoms with Crippen LogP contribution in [0.2, 0.25) is 0 Å². The molecule has 1 heterocycles. The molecule has 2 aliphatic rings. The van der Waals surface area contributed by atoms with Crippen LogP contribution < -0.4 is 4.90 Å². The summed E-state index contributed by atoms with van der Waals surface area (Å²) in [6.45, 7) is 2.42. The molecule has 2 atom stereocenters. The van der Waals surface area contributed by atoms with Crippen LogP contribution in [-0.4, -0.2) is 12.6 Å². The summed E-state index contributed by atoms with van der Waals surface area (Å²) in [6.07, 6.45) is 4.56. The number of anilines is 2. The standard InChI is InChI=1S/C36H31NO/c1-35-21-6-7-22-36(35,38-2)31-23-27(17-20-32(31)37(35)28-11-4-3-5-12-28)29-18-15-26-14-13-24-9-8-10-25-16-19-30(29)34(26)33(24)25/h3-5,8-20,23H,6-7,21-22H2,1-2H3. The molecule has 2 nitrogen and oxygen atoms in total. The van der Waals surface area contributed by atoms with Crippen LogP contribution in [0.25, 0.3) is 43.4 Å². The molecule has 0 aromatic heterocycles. The van der Waals surface area contributed by atoms with Crippen LogP contribution in [0.5, 0.6) is 0 Å². The highest BCUT2D eigenvalue weighted by Crippen LogP contribution is 2.61. The lowest BCUT2D eigenvalue weighted by molar-refractivity contribution is -0.0871. The van der Waals surface area contributed by atoms with Gasteiger partial charge in [-0.3, -0.25) is 0 Å². The number of fused-ring (bicyclic) bond motifs is 3. The molecule has 1 fully saturated rings. The molecule has 2 heteroatoms. The van der Waals surface area contributed by atoms with E-state index >= 15 is 0 Å². The summed E-state index contributed by atoms with van der Waals surface area (Å²) in [7, 11) is 1.92. The number of hydrogen-bond acceptors (Lipinski definition) is 2. The van der Waals surface area contributed by atoms with Gasteiger partial charge in [-0.1, -0.05) is 91.7 Å². The van der Waals surface area contributed by atoms with Gasteiger partial charge in [-0.05, 0) is 87.5 Å². The second-order valence-corrected chi connectivity index (χ2v) is 11.4. The normalized spacial score (nSPS) is 22.8. The molecule has 0 saturated heterocycles. The van der Waals surface area contributed by atoms with Crippen molar-refractivity contribution in [1.29, 1.82) is 0 Å². The fraction of sp³-hybridized carbons (Fsp3) is 0.222. The van der Waals surface area contributed by atoms with E-state index in [4.69, 9.17) is 4.74 Å². The third kappa shape index (κ3) is 2.71. The van der Waals surface area contributed by atoms with Gasteiger partial charge in [0, 0.05) is 24.0 Å². The molecule has 0 radical (unpaired) electrons. The molecule has 0 N–H and O–H groups in total. The Bertz CT molecular complexity index is 1820. The van der Waals surface area contributed by atoms with Crippen molar-refractivity contribution in [3.63, 3.8) is 0 Å². The van der Waals surface area contributed by atoms with E-state index in [1.165, 1.54) is 73.2 Å². The lowest BCUT2D eigenvalue weighted by Crippen LogP contribution is -2.57. The number of benzene rings is 6. The van der Waals surface area contributed by atoms with Gasteiger partial charge in [-0.25, -0.2) is 0 Å². The Morgan fingerprint density at radius 2 is 1.39 bits per heavy atom. The van der Waals surface area contributed by atoms with Crippen molar-refractivity contribution >= 4 is 43.7 Å². The zero-order valence-electron chi connectivity index (χ0n) is 22.0. The van der Waals surface area contributed by atoms with Crippen LogP contribution in [0, 0.1) is 0 Å². The molecule has 2 unspecified atom stereocenters. The first kappa shape index (κ1) is 22.1. The van der Waals surface area contributed by atoms with Gasteiger partial charge in [0.1, 0.15) is 5.60 Å². The highest BCUT2D eigenvalue weighted by Gasteiger charge is 2.61. The Hall–Kier alpha value is -3.88. The number of methoxy groups -OCH3 is 1. The fourth-order valence-corrected chi connectivity index (χ4v) is 7.94. The molecular weight excluding hydrogens is 462 g/mol. The number of ether oxygens (including phenoxy) is 1. The first-order valence-electron chi connectivity index (χ1n) is 13.9. The third-order valence-corrected chi connectivity index (χ3v) is 9.68. The quantitative estimate of drug-likeness (QED) is 0.228. The number of rotatable bonds is 3. The summed E-state index contributed by atoms with van der Waals surface area (Å²) < 4.78 is 6.61. The van der Waals surface area contributed by atoms with Gasteiger partial charge in [0.15, 0.2) is 0 Å². The second-order valence-electron chi connectivity index (χ2n) is 11.4. The van der Waals surface area contributed by atoms with Crippen molar-refractivity contribution in [2.75, 3.05) is 12.0 Å². The molecule has 1 aliphatic heterocycles. The first-order chi connectivity index (χ1) is 18.6. The largest absolute Gasteiger partial charge is 0.371 e. The van der Waals surface area contributed by atoms with Gasteiger partial charge in [0.25, 0.3) is 0 Å². The molecule has 0 spiro atoms.